The van der Waals surface area contributed by atoms with Crippen molar-refractivity contribution in [1.82, 2.24) is 5.32 Å². The summed E-state index contributed by atoms with van der Waals surface area (Å²) in [6.45, 7) is 0.183. The summed E-state index contributed by atoms with van der Waals surface area (Å²) >= 11 is 0. The van der Waals surface area contributed by atoms with E-state index in [4.69, 9.17) is 5.11 Å². The smallest absolute Gasteiger partial charge is 0.303 e. The summed E-state index contributed by atoms with van der Waals surface area (Å²) < 4.78 is 4.68. The van der Waals surface area contributed by atoms with Crippen molar-refractivity contribution in [1.29, 1.82) is 0 Å². The van der Waals surface area contributed by atoms with Gasteiger partial charge in [-0.25, -0.2) is 0 Å². The Morgan fingerprint density at radius 1 is 1.43 bits per heavy atom. The largest absolute Gasteiger partial charge is 0.481 e. The van der Waals surface area contributed by atoms with Crippen molar-refractivity contribution in [3.05, 3.63) is 0 Å². The summed E-state index contributed by atoms with van der Waals surface area (Å²) in [5.74, 6) is -0.965. The highest BCUT2D eigenvalue weighted by atomic mass is 16.5. The molecule has 1 aliphatic carbocycles. The summed E-state index contributed by atoms with van der Waals surface area (Å²) in [5.41, 5.74) is -0.274. The van der Waals surface area contributed by atoms with Crippen LogP contribution in [0.4, 0.5) is 0 Å². The number of ether oxygens (including phenoxy) is 1. The van der Waals surface area contributed by atoms with E-state index in [0.717, 1.165) is 12.8 Å². The van der Waals surface area contributed by atoms with Crippen LogP contribution in [-0.4, -0.2) is 30.8 Å². The first kappa shape index (κ1) is 11.0. The average molecular weight is 201 g/mol. The van der Waals surface area contributed by atoms with Gasteiger partial charge in [0.1, 0.15) is 6.73 Å². The maximum atomic E-state index is 11.3. The van der Waals surface area contributed by atoms with E-state index in [1.807, 2.05) is 0 Å². The van der Waals surface area contributed by atoms with E-state index in [1.165, 1.54) is 7.11 Å². The molecule has 0 aromatic rings. The topological polar surface area (TPSA) is 75.6 Å². The zero-order valence-corrected chi connectivity index (χ0v) is 8.21. The van der Waals surface area contributed by atoms with Crippen LogP contribution in [-0.2, 0) is 14.3 Å². The molecule has 0 atom stereocenters. The number of hydrogen-bond acceptors (Lipinski definition) is 3. The maximum Gasteiger partial charge on any atom is 0.303 e. The second kappa shape index (κ2) is 4.41. The summed E-state index contributed by atoms with van der Waals surface area (Å²) in [5, 5.41) is 11.2. The zero-order valence-electron chi connectivity index (χ0n) is 8.21. The Morgan fingerprint density at radius 2 is 2.07 bits per heavy atom. The minimum absolute atomic E-state index is 0.0907. The second-order valence-corrected chi connectivity index (χ2v) is 3.78. The van der Waals surface area contributed by atoms with Crippen LogP contribution in [0.3, 0.4) is 0 Å². The molecule has 0 aromatic heterocycles. The van der Waals surface area contributed by atoms with Crippen molar-refractivity contribution in [2.24, 2.45) is 5.41 Å². The van der Waals surface area contributed by atoms with Gasteiger partial charge >= 0.3 is 5.97 Å². The highest BCUT2D eigenvalue weighted by Gasteiger charge is 2.45. The molecule has 2 N–H and O–H groups in total. The van der Waals surface area contributed by atoms with Crippen LogP contribution in [0.5, 0.6) is 0 Å². The van der Waals surface area contributed by atoms with E-state index in [0.29, 0.717) is 6.42 Å². The third kappa shape index (κ3) is 3.33. The lowest BCUT2D eigenvalue weighted by atomic mass is 9.98. The van der Waals surface area contributed by atoms with Gasteiger partial charge in [0.15, 0.2) is 0 Å². The number of carboxylic acids is 1. The molecule has 1 amide bonds. The minimum Gasteiger partial charge on any atom is -0.481 e. The van der Waals surface area contributed by atoms with Gasteiger partial charge < -0.3 is 15.2 Å². The molecule has 80 valence electrons. The van der Waals surface area contributed by atoms with Crippen LogP contribution < -0.4 is 5.32 Å². The normalized spacial score (nSPS) is 17.5. The fraction of sp³-hybridized carbons (Fsp3) is 0.778. The highest BCUT2D eigenvalue weighted by molar-refractivity contribution is 5.78. The number of carboxylic acid groups (broad SMARTS) is 1. The summed E-state index contributed by atoms with van der Waals surface area (Å²) in [6.07, 6.45) is 2.05. The molecule has 0 radical (unpaired) electrons. The van der Waals surface area contributed by atoms with E-state index in [2.05, 4.69) is 10.1 Å². The summed E-state index contributed by atoms with van der Waals surface area (Å²) in [7, 11) is 1.49. The standard InChI is InChI=1S/C9H15NO4/c1-14-6-10-7(11)4-9(2-3-9)5-8(12)13/h2-6H2,1H3,(H,10,11)(H,12,13). The quantitative estimate of drug-likeness (QED) is 0.608. The van der Waals surface area contributed by atoms with Crippen LogP contribution in [0.15, 0.2) is 0 Å². The first-order valence-electron chi connectivity index (χ1n) is 4.55. The molecule has 1 rings (SSSR count). The molecule has 0 saturated heterocycles. The minimum atomic E-state index is -0.831. The van der Waals surface area contributed by atoms with Crippen molar-refractivity contribution in [3.63, 3.8) is 0 Å². The second-order valence-electron chi connectivity index (χ2n) is 3.78. The lowest BCUT2D eigenvalue weighted by molar-refractivity contribution is -0.138. The van der Waals surface area contributed by atoms with E-state index < -0.39 is 5.97 Å². The summed E-state index contributed by atoms with van der Waals surface area (Å²) in [4.78, 5) is 21.7. The lowest BCUT2D eigenvalue weighted by Gasteiger charge is -2.11. The Kier molecular flexibility index (Phi) is 3.46. The fourth-order valence-corrected chi connectivity index (χ4v) is 1.47. The number of rotatable bonds is 6. The molecule has 0 aromatic carbocycles. The van der Waals surface area contributed by atoms with Crippen LogP contribution in [0.2, 0.25) is 0 Å². The van der Waals surface area contributed by atoms with E-state index in [9.17, 15) is 9.59 Å². The van der Waals surface area contributed by atoms with Crippen molar-refractivity contribution >= 4 is 11.9 Å². The molecular weight excluding hydrogens is 186 g/mol. The van der Waals surface area contributed by atoms with Crippen LogP contribution in [0, 0.1) is 5.41 Å². The Bertz CT molecular complexity index is 235. The molecule has 0 spiro atoms. The Hall–Kier alpha value is -1.10. The number of hydrogen-bond donors (Lipinski definition) is 2. The van der Waals surface area contributed by atoms with Gasteiger partial charge in [0.2, 0.25) is 5.91 Å². The van der Waals surface area contributed by atoms with Crippen molar-refractivity contribution in [3.8, 4) is 0 Å². The first-order chi connectivity index (χ1) is 6.58. The third-order valence-electron chi connectivity index (χ3n) is 2.43. The number of aliphatic carboxylic acids is 1. The molecule has 14 heavy (non-hydrogen) atoms. The van der Waals surface area contributed by atoms with Gasteiger partial charge in [-0.15, -0.1) is 0 Å². The van der Waals surface area contributed by atoms with Crippen LogP contribution >= 0.6 is 0 Å². The highest BCUT2D eigenvalue weighted by Crippen LogP contribution is 2.51. The molecule has 0 unspecified atom stereocenters. The Balaban J connectivity index is 2.28. The van der Waals surface area contributed by atoms with E-state index >= 15 is 0 Å². The van der Waals surface area contributed by atoms with Gasteiger partial charge in [-0.1, -0.05) is 0 Å². The molecule has 5 heteroatoms. The maximum absolute atomic E-state index is 11.3. The first-order valence-corrected chi connectivity index (χ1v) is 4.55. The number of methoxy groups -OCH3 is 1. The van der Waals surface area contributed by atoms with E-state index in [-0.39, 0.29) is 24.5 Å². The third-order valence-corrected chi connectivity index (χ3v) is 2.43. The van der Waals surface area contributed by atoms with Gasteiger partial charge in [-0.05, 0) is 18.3 Å². The van der Waals surface area contributed by atoms with Gasteiger partial charge in [-0.3, -0.25) is 9.59 Å². The number of carbonyl (C=O) groups is 2. The van der Waals surface area contributed by atoms with Crippen molar-refractivity contribution in [2.45, 2.75) is 25.7 Å². The Morgan fingerprint density at radius 3 is 2.50 bits per heavy atom. The summed E-state index contributed by atoms with van der Waals surface area (Å²) in [6, 6.07) is 0. The average Bonchev–Trinajstić information content (AvgIpc) is 2.80. The number of carbonyl (C=O) groups excluding carboxylic acids is 1. The van der Waals surface area contributed by atoms with Gasteiger partial charge in [-0.2, -0.15) is 0 Å². The fourth-order valence-electron chi connectivity index (χ4n) is 1.47. The lowest BCUT2D eigenvalue weighted by Crippen LogP contribution is -2.28. The van der Waals surface area contributed by atoms with Crippen molar-refractivity contribution in [2.75, 3.05) is 13.8 Å². The predicted octanol–water partition coefficient (Wildman–Crippen LogP) is 0.351. The molecule has 1 fully saturated rings. The molecule has 0 aliphatic heterocycles. The number of amides is 1. The molecule has 1 saturated carbocycles. The van der Waals surface area contributed by atoms with E-state index in [1.54, 1.807) is 0 Å². The molecule has 5 nitrogen and oxygen atoms in total. The van der Waals surface area contributed by atoms with Crippen LogP contribution in [0.25, 0.3) is 0 Å². The molecular formula is C9H15NO4. The SMILES string of the molecule is COCNC(=O)CC1(CC(=O)O)CC1. The monoisotopic (exact) mass is 201 g/mol. The van der Waals surface area contributed by atoms with Gasteiger partial charge in [0, 0.05) is 13.5 Å². The molecule has 0 heterocycles. The zero-order chi connectivity index (χ0) is 10.6. The molecule has 0 bridgehead atoms. The van der Waals surface area contributed by atoms with Crippen molar-refractivity contribution < 1.29 is 19.4 Å². The molecule has 1 aliphatic rings. The van der Waals surface area contributed by atoms with Gasteiger partial charge in [0.05, 0.1) is 6.42 Å². The van der Waals surface area contributed by atoms with Gasteiger partial charge in [0.25, 0.3) is 0 Å². The van der Waals surface area contributed by atoms with Crippen LogP contribution in [0.1, 0.15) is 25.7 Å². The Labute approximate surface area is 82.4 Å². The number of nitrogens with one attached hydrogen (secondary N) is 1. The predicted molar refractivity (Wildman–Crippen MR) is 48.6 cm³/mol.